The van der Waals surface area contributed by atoms with Crippen molar-refractivity contribution in [2.75, 3.05) is 14.1 Å². The number of amides is 1. The second-order valence-corrected chi connectivity index (χ2v) is 3.72. The number of hydrogen-bond donors (Lipinski definition) is 2. The van der Waals surface area contributed by atoms with Crippen LogP contribution in [0.3, 0.4) is 0 Å². The topological polar surface area (TPSA) is 52.6 Å². The Morgan fingerprint density at radius 3 is 2.67 bits per heavy atom. The van der Waals surface area contributed by atoms with Crippen molar-refractivity contribution in [1.82, 2.24) is 10.2 Å². The molecule has 0 aliphatic rings. The summed E-state index contributed by atoms with van der Waals surface area (Å²) in [6.07, 6.45) is -0.993. The minimum atomic E-state index is -0.993. The van der Waals surface area contributed by atoms with E-state index in [2.05, 4.69) is 10.2 Å². The summed E-state index contributed by atoms with van der Waals surface area (Å²) in [6, 6.07) is 7.90. The molecule has 15 heavy (non-hydrogen) atoms. The van der Waals surface area contributed by atoms with E-state index < -0.39 is 6.09 Å². The first-order chi connectivity index (χ1) is 7.08. The van der Waals surface area contributed by atoms with Gasteiger partial charge in [0, 0.05) is 13.1 Å². The number of carboxylic acid groups (broad SMARTS) is 1. The van der Waals surface area contributed by atoms with Gasteiger partial charge in [-0.25, -0.2) is 4.79 Å². The Morgan fingerprint density at radius 1 is 1.40 bits per heavy atom. The molecule has 0 fully saturated rings. The lowest BCUT2D eigenvalue weighted by Crippen LogP contribution is -2.20. The van der Waals surface area contributed by atoms with Gasteiger partial charge in [0.15, 0.2) is 0 Å². The maximum absolute atomic E-state index is 10.3. The van der Waals surface area contributed by atoms with Crippen LogP contribution in [0, 0.1) is 0 Å². The molecule has 1 amide bonds. The second kappa shape index (κ2) is 5.36. The van der Waals surface area contributed by atoms with Crippen LogP contribution in [0.5, 0.6) is 0 Å². The zero-order valence-electron chi connectivity index (χ0n) is 9.03. The Hall–Kier alpha value is -1.55. The molecule has 0 spiro atoms. The zero-order chi connectivity index (χ0) is 11.3. The molecular formula is C11H16N2O2. The molecule has 82 valence electrons. The van der Waals surface area contributed by atoms with Gasteiger partial charge in [0.25, 0.3) is 0 Å². The molecule has 0 saturated heterocycles. The molecule has 1 rings (SSSR count). The first-order valence-electron chi connectivity index (χ1n) is 4.77. The summed E-state index contributed by atoms with van der Waals surface area (Å²) in [7, 11) is 4.00. The smallest absolute Gasteiger partial charge is 0.404 e. The van der Waals surface area contributed by atoms with Crippen LogP contribution in [0.25, 0.3) is 0 Å². The molecule has 0 bridgehead atoms. The van der Waals surface area contributed by atoms with E-state index in [1.165, 1.54) is 5.56 Å². The molecule has 0 heterocycles. The molecule has 1 aromatic carbocycles. The van der Waals surface area contributed by atoms with Crippen LogP contribution >= 0.6 is 0 Å². The molecule has 4 heteroatoms. The number of benzene rings is 1. The van der Waals surface area contributed by atoms with Crippen LogP contribution < -0.4 is 5.32 Å². The summed E-state index contributed by atoms with van der Waals surface area (Å²) in [5.41, 5.74) is 2.17. The molecule has 2 N–H and O–H groups in total. The highest BCUT2D eigenvalue weighted by molar-refractivity contribution is 5.64. The van der Waals surface area contributed by atoms with Crippen LogP contribution in [0.2, 0.25) is 0 Å². The highest BCUT2D eigenvalue weighted by atomic mass is 16.4. The van der Waals surface area contributed by atoms with Gasteiger partial charge < -0.3 is 15.3 Å². The number of hydrogen-bond acceptors (Lipinski definition) is 2. The van der Waals surface area contributed by atoms with Gasteiger partial charge in [-0.15, -0.1) is 0 Å². The Kier molecular flexibility index (Phi) is 4.12. The van der Waals surface area contributed by atoms with Crippen LogP contribution in [-0.2, 0) is 13.1 Å². The summed E-state index contributed by atoms with van der Waals surface area (Å²) in [5, 5.41) is 10.8. The molecule has 0 saturated carbocycles. The number of carbonyl (C=O) groups is 1. The molecule has 0 radical (unpaired) electrons. The number of rotatable bonds is 4. The van der Waals surface area contributed by atoms with E-state index in [0.717, 1.165) is 12.1 Å². The Balaban J connectivity index is 2.61. The fourth-order valence-corrected chi connectivity index (χ4v) is 1.38. The summed E-state index contributed by atoms with van der Waals surface area (Å²) < 4.78 is 0. The number of nitrogens with one attached hydrogen (secondary N) is 1. The average Bonchev–Trinajstić information content (AvgIpc) is 2.14. The van der Waals surface area contributed by atoms with Gasteiger partial charge in [0.1, 0.15) is 0 Å². The first-order valence-corrected chi connectivity index (χ1v) is 4.77. The summed E-state index contributed by atoms with van der Waals surface area (Å²) in [4.78, 5) is 12.4. The van der Waals surface area contributed by atoms with E-state index in [1.807, 2.05) is 38.4 Å². The molecule has 0 aromatic heterocycles. The fourth-order valence-electron chi connectivity index (χ4n) is 1.38. The first kappa shape index (κ1) is 11.5. The van der Waals surface area contributed by atoms with Crippen molar-refractivity contribution in [1.29, 1.82) is 0 Å². The molecule has 0 aliphatic heterocycles. The fraction of sp³-hybridized carbons (Fsp3) is 0.364. The van der Waals surface area contributed by atoms with E-state index in [0.29, 0.717) is 6.54 Å². The monoisotopic (exact) mass is 208 g/mol. The Bertz CT molecular complexity index is 337. The van der Waals surface area contributed by atoms with E-state index in [1.54, 1.807) is 0 Å². The molecule has 0 atom stereocenters. The van der Waals surface area contributed by atoms with Gasteiger partial charge in [0.2, 0.25) is 0 Å². The molecule has 4 nitrogen and oxygen atoms in total. The van der Waals surface area contributed by atoms with Crippen molar-refractivity contribution in [3.8, 4) is 0 Å². The van der Waals surface area contributed by atoms with Gasteiger partial charge >= 0.3 is 6.09 Å². The lowest BCUT2D eigenvalue weighted by Gasteiger charge is -2.10. The van der Waals surface area contributed by atoms with Crippen molar-refractivity contribution < 1.29 is 9.90 Å². The van der Waals surface area contributed by atoms with Gasteiger partial charge in [0.05, 0.1) is 0 Å². The number of nitrogens with zero attached hydrogens (tertiary/aromatic N) is 1. The van der Waals surface area contributed by atoms with Crippen LogP contribution in [0.15, 0.2) is 24.3 Å². The molecule has 0 unspecified atom stereocenters. The minimum Gasteiger partial charge on any atom is -0.465 e. The summed E-state index contributed by atoms with van der Waals surface area (Å²) in [5.74, 6) is 0. The van der Waals surface area contributed by atoms with Gasteiger partial charge in [-0.2, -0.15) is 0 Å². The Morgan fingerprint density at radius 2 is 2.07 bits per heavy atom. The molecular weight excluding hydrogens is 192 g/mol. The van der Waals surface area contributed by atoms with Gasteiger partial charge in [-0.1, -0.05) is 24.3 Å². The normalized spacial score (nSPS) is 10.3. The van der Waals surface area contributed by atoms with E-state index in [-0.39, 0.29) is 0 Å². The standard InChI is InChI=1S/C11H16N2O2/c1-13(2)8-10-5-3-4-9(6-10)7-12-11(14)15/h3-6,12H,7-8H2,1-2H3,(H,14,15). The highest BCUT2D eigenvalue weighted by Crippen LogP contribution is 2.06. The average molecular weight is 208 g/mol. The van der Waals surface area contributed by atoms with Gasteiger partial charge in [-0.3, -0.25) is 0 Å². The van der Waals surface area contributed by atoms with Crippen LogP contribution in [0.4, 0.5) is 4.79 Å². The quantitative estimate of drug-likeness (QED) is 0.788. The van der Waals surface area contributed by atoms with Crippen LogP contribution in [-0.4, -0.2) is 30.2 Å². The predicted octanol–water partition coefficient (Wildman–Crippen LogP) is 1.52. The molecule has 1 aromatic rings. The van der Waals surface area contributed by atoms with Crippen molar-refractivity contribution in [2.24, 2.45) is 0 Å². The highest BCUT2D eigenvalue weighted by Gasteiger charge is 1.99. The van der Waals surface area contributed by atoms with Crippen molar-refractivity contribution >= 4 is 6.09 Å². The third-order valence-corrected chi connectivity index (χ3v) is 1.93. The lowest BCUT2D eigenvalue weighted by molar-refractivity contribution is 0.194. The zero-order valence-corrected chi connectivity index (χ0v) is 9.03. The Labute approximate surface area is 89.5 Å². The van der Waals surface area contributed by atoms with Crippen LogP contribution in [0.1, 0.15) is 11.1 Å². The van der Waals surface area contributed by atoms with E-state index in [9.17, 15) is 4.79 Å². The summed E-state index contributed by atoms with van der Waals surface area (Å²) in [6.45, 7) is 1.22. The third kappa shape index (κ3) is 4.46. The maximum Gasteiger partial charge on any atom is 0.404 e. The van der Waals surface area contributed by atoms with Crippen molar-refractivity contribution in [3.63, 3.8) is 0 Å². The molecule has 0 aliphatic carbocycles. The van der Waals surface area contributed by atoms with Crippen molar-refractivity contribution in [3.05, 3.63) is 35.4 Å². The lowest BCUT2D eigenvalue weighted by atomic mass is 10.1. The third-order valence-electron chi connectivity index (χ3n) is 1.93. The SMILES string of the molecule is CN(C)Cc1cccc(CNC(=O)O)c1. The van der Waals surface area contributed by atoms with Gasteiger partial charge in [-0.05, 0) is 25.2 Å². The van der Waals surface area contributed by atoms with Crippen molar-refractivity contribution in [2.45, 2.75) is 13.1 Å². The summed E-state index contributed by atoms with van der Waals surface area (Å²) >= 11 is 0. The second-order valence-electron chi connectivity index (χ2n) is 3.72. The predicted molar refractivity (Wildman–Crippen MR) is 58.7 cm³/mol. The van der Waals surface area contributed by atoms with E-state index in [4.69, 9.17) is 5.11 Å². The maximum atomic E-state index is 10.3. The van der Waals surface area contributed by atoms with E-state index >= 15 is 0 Å². The largest absolute Gasteiger partial charge is 0.465 e. The minimum absolute atomic E-state index is 0.358.